The van der Waals surface area contributed by atoms with E-state index < -0.39 is 0 Å². The monoisotopic (exact) mass is 142 g/mol. The Hall–Kier alpha value is -0.340. The zero-order valence-corrected chi connectivity index (χ0v) is 7.46. The van der Waals surface area contributed by atoms with Crippen LogP contribution in [0.4, 0.5) is 0 Å². The zero-order chi connectivity index (χ0) is 7.98. The molecule has 0 heterocycles. The summed E-state index contributed by atoms with van der Waals surface area (Å²) >= 11 is 0. The molecule has 0 bridgehead atoms. The van der Waals surface area contributed by atoms with Gasteiger partial charge in [0.2, 0.25) is 0 Å². The lowest BCUT2D eigenvalue weighted by atomic mass is 10.4. The van der Waals surface area contributed by atoms with Crippen molar-refractivity contribution in [3.63, 3.8) is 0 Å². The van der Waals surface area contributed by atoms with Gasteiger partial charge in [-0.05, 0) is 28.2 Å². The lowest BCUT2D eigenvalue weighted by Gasteiger charge is -2.06. The van der Waals surface area contributed by atoms with E-state index in [9.17, 15) is 0 Å². The molecule has 2 heteroatoms. The summed E-state index contributed by atoms with van der Waals surface area (Å²) in [6.45, 7) is 2.07. The largest absolute Gasteiger partial charge is 0.306 e. The highest BCUT2D eigenvalue weighted by atomic mass is 15.1. The average Bonchev–Trinajstić information content (AvgIpc) is 1.79. The lowest BCUT2D eigenvalue weighted by molar-refractivity contribution is 0.444. The van der Waals surface area contributed by atoms with Crippen molar-refractivity contribution in [1.29, 1.82) is 0 Å². The SMILES string of the molecule is CN(C)C/C=C\CN(C)C. The first-order valence-corrected chi connectivity index (χ1v) is 3.57. The minimum Gasteiger partial charge on any atom is -0.306 e. The lowest BCUT2D eigenvalue weighted by Crippen LogP contribution is -2.13. The van der Waals surface area contributed by atoms with Crippen LogP contribution in [0.5, 0.6) is 0 Å². The molecule has 0 aliphatic rings. The Morgan fingerprint density at radius 3 is 1.30 bits per heavy atom. The molecule has 0 spiro atoms. The topological polar surface area (TPSA) is 6.48 Å². The van der Waals surface area contributed by atoms with Crippen molar-refractivity contribution in [2.24, 2.45) is 0 Å². The van der Waals surface area contributed by atoms with Gasteiger partial charge in [0.25, 0.3) is 0 Å². The predicted molar refractivity (Wildman–Crippen MR) is 46.2 cm³/mol. The second-order valence-electron chi connectivity index (χ2n) is 3.00. The van der Waals surface area contributed by atoms with Gasteiger partial charge in [-0.3, -0.25) is 0 Å². The van der Waals surface area contributed by atoms with E-state index in [0.29, 0.717) is 0 Å². The molecule has 0 rings (SSSR count). The first kappa shape index (κ1) is 9.66. The quantitative estimate of drug-likeness (QED) is 0.532. The molecule has 2 nitrogen and oxygen atoms in total. The number of hydrogen-bond donors (Lipinski definition) is 0. The van der Waals surface area contributed by atoms with Gasteiger partial charge in [-0.2, -0.15) is 0 Å². The van der Waals surface area contributed by atoms with E-state index in [1.807, 2.05) is 0 Å². The molecule has 0 aromatic heterocycles. The van der Waals surface area contributed by atoms with Gasteiger partial charge in [0.05, 0.1) is 0 Å². The van der Waals surface area contributed by atoms with Crippen molar-refractivity contribution in [3.8, 4) is 0 Å². The Morgan fingerprint density at radius 1 is 0.800 bits per heavy atom. The minimum absolute atomic E-state index is 1.04. The number of likely N-dealkylation sites (N-methyl/N-ethyl adjacent to an activating group) is 2. The van der Waals surface area contributed by atoms with Crippen LogP contribution in [-0.4, -0.2) is 51.1 Å². The molecule has 0 aromatic rings. The molecule has 0 N–H and O–H groups in total. The molecular weight excluding hydrogens is 124 g/mol. The average molecular weight is 142 g/mol. The summed E-state index contributed by atoms with van der Waals surface area (Å²) in [6.07, 6.45) is 4.36. The summed E-state index contributed by atoms with van der Waals surface area (Å²) in [6, 6.07) is 0. The van der Waals surface area contributed by atoms with E-state index in [2.05, 4.69) is 50.1 Å². The molecule has 0 aromatic carbocycles. The highest BCUT2D eigenvalue weighted by Crippen LogP contribution is 1.79. The first-order chi connectivity index (χ1) is 4.63. The fourth-order valence-electron chi connectivity index (χ4n) is 0.571. The van der Waals surface area contributed by atoms with E-state index in [1.165, 1.54) is 0 Å². The maximum Gasteiger partial charge on any atom is 0.0157 e. The summed E-state index contributed by atoms with van der Waals surface area (Å²) < 4.78 is 0. The van der Waals surface area contributed by atoms with Crippen LogP contribution in [0, 0.1) is 0 Å². The van der Waals surface area contributed by atoms with Crippen LogP contribution in [0.25, 0.3) is 0 Å². The van der Waals surface area contributed by atoms with E-state index in [4.69, 9.17) is 0 Å². The van der Waals surface area contributed by atoms with Crippen LogP contribution in [0.15, 0.2) is 12.2 Å². The van der Waals surface area contributed by atoms with Gasteiger partial charge in [0.1, 0.15) is 0 Å². The summed E-state index contributed by atoms with van der Waals surface area (Å²) in [5.41, 5.74) is 0. The van der Waals surface area contributed by atoms with Gasteiger partial charge in [0.15, 0.2) is 0 Å². The molecule has 10 heavy (non-hydrogen) atoms. The van der Waals surface area contributed by atoms with Crippen LogP contribution >= 0.6 is 0 Å². The van der Waals surface area contributed by atoms with Gasteiger partial charge >= 0.3 is 0 Å². The van der Waals surface area contributed by atoms with E-state index >= 15 is 0 Å². The second-order valence-corrected chi connectivity index (χ2v) is 3.00. The summed E-state index contributed by atoms with van der Waals surface area (Å²) in [5.74, 6) is 0. The van der Waals surface area contributed by atoms with E-state index in [0.717, 1.165) is 13.1 Å². The van der Waals surface area contributed by atoms with Gasteiger partial charge in [-0.15, -0.1) is 0 Å². The van der Waals surface area contributed by atoms with Crippen LogP contribution in [0.2, 0.25) is 0 Å². The predicted octanol–water partition coefficient (Wildman–Crippen LogP) is 0.666. The molecule has 60 valence electrons. The van der Waals surface area contributed by atoms with Crippen molar-refractivity contribution in [2.45, 2.75) is 0 Å². The highest BCUT2D eigenvalue weighted by Gasteiger charge is 1.83. The number of hydrogen-bond acceptors (Lipinski definition) is 2. The smallest absolute Gasteiger partial charge is 0.0157 e. The molecule has 0 saturated heterocycles. The Balaban J connectivity index is 3.20. The third-order valence-electron chi connectivity index (χ3n) is 1.11. The van der Waals surface area contributed by atoms with Crippen LogP contribution in [-0.2, 0) is 0 Å². The zero-order valence-electron chi connectivity index (χ0n) is 7.46. The molecule has 0 aliphatic carbocycles. The van der Waals surface area contributed by atoms with E-state index in [-0.39, 0.29) is 0 Å². The molecule has 0 amide bonds. The molecule has 0 unspecified atom stereocenters. The molecule has 0 fully saturated rings. The van der Waals surface area contributed by atoms with E-state index in [1.54, 1.807) is 0 Å². The van der Waals surface area contributed by atoms with Gasteiger partial charge in [0, 0.05) is 13.1 Å². The third-order valence-corrected chi connectivity index (χ3v) is 1.11. The summed E-state index contributed by atoms with van der Waals surface area (Å²) in [4.78, 5) is 4.29. The van der Waals surface area contributed by atoms with Crippen molar-refractivity contribution in [2.75, 3.05) is 41.3 Å². The second kappa shape index (κ2) is 5.45. The Morgan fingerprint density at radius 2 is 1.10 bits per heavy atom. The molecule has 0 radical (unpaired) electrons. The number of nitrogens with zero attached hydrogens (tertiary/aromatic N) is 2. The van der Waals surface area contributed by atoms with Crippen LogP contribution < -0.4 is 0 Å². The van der Waals surface area contributed by atoms with Gasteiger partial charge in [-0.1, -0.05) is 12.2 Å². The van der Waals surface area contributed by atoms with Crippen molar-refractivity contribution in [3.05, 3.63) is 12.2 Å². The summed E-state index contributed by atoms with van der Waals surface area (Å²) in [7, 11) is 8.28. The molecule has 0 atom stereocenters. The summed E-state index contributed by atoms with van der Waals surface area (Å²) in [5, 5.41) is 0. The highest BCUT2D eigenvalue weighted by molar-refractivity contribution is 4.85. The fourth-order valence-corrected chi connectivity index (χ4v) is 0.571. The molecule has 0 aliphatic heterocycles. The minimum atomic E-state index is 1.04. The van der Waals surface area contributed by atoms with Crippen LogP contribution in [0.3, 0.4) is 0 Å². The van der Waals surface area contributed by atoms with Gasteiger partial charge < -0.3 is 9.80 Å². The Labute approximate surface area is 64.1 Å². The standard InChI is InChI=1S/C8H18N2/c1-9(2)7-5-6-8-10(3)4/h5-6H,7-8H2,1-4H3/b6-5-. The van der Waals surface area contributed by atoms with Crippen molar-refractivity contribution in [1.82, 2.24) is 9.80 Å². The number of rotatable bonds is 4. The maximum absolute atomic E-state index is 2.18. The Kier molecular flexibility index (Phi) is 5.26. The normalized spacial score (nSPS) is 12.2. The molecular formula is C8H18N2. The first-order valence-electron chi connectivity index (χ1n) is 3.57. The van der Waals surface area contributed by atoms with Gasteiger partial charge in [-0.25, -0.2) is 0 Å². The Bertz CT molecular complexity index is 83.4. The van der Waals surface area contributed by atoms with Crippen LogP contribution in [0.1, 0.15) is 0 Å². The molecule has 0 saturated carbocycles. The van der Waals surface area contributed by atoms with Crippen molar-refractivity contribution >= 4 is 0 Å². The third kappa shape index (κ3) is 7.66. The van der Waals surface area contributed by atoms with Crippen molar-refractivity contribution < 1.29 is 0 Å². The maximum atomic E-state index is 2.18. The fraction of sp³-hybridized carbons (Fsp3) is 0.750.